The van der Waals surface area contributed by atoms with E-state index in [1.165, 1.54) is 36.9 Å². The second-order valence-electron chi connectivity index (χ2n) is 8.14. The van der Waals surface area contributed by atoms with Gasteiger partial charge in [-0.25, -0.2) is 4.68 Å². The molecule has 2 aromatic rings. The molecule has 0 amide bonds. The summed E-state index contributed by atoms with van der Waals surface area (Å²) < 4.78 is 1.95. The smallest absolute Gasteiger partial charge is 0.171 e. The third kappa shape index (κ3) is 2.08. The van der Waals surface area contributed by atoms with Crippen LogP contribution in [0.5, 0.6) is 0 Å². The molecule has 0 radical (unpaired) electrons. The van der Waals surface area contributed by atoms with Crippen LogP contribution >= 0.6 is 0 Å². The fourth-order valence-electron chi connectivity index (χ4n) is 5.52. The van der Waals surface area contributed by atoms with Crippen molar-refractivity contribution < 1.29 is 0 Å². The standard InChI is InChI=1S/C20H28N6/c1-4-20-9-12-23(2)19(20)24(3)17-8-7-15(13-16(17)20)26-14-18(21-22-26)25-10-5-6-11-25/h7-8,13-14,19H,4-6,9-12H2,1-3H3/t19-,20+/m1/s1. The molecule has 138 valence electrons. The largest absolute Gasteiger partial charge is 0.358 e. The Morgan fingerprint density at radius 3 is 2.73 bits per heavy atom. The van der Waals surface area contributed by atoms with Gasteiger partial charge in [-0.15, -0.1) is 5.10 Å². The number of aromatic nitrogens is 3. The number of anilines is 2. The Hall–Kier alpha value is -2.08. The molecular weight excluding hydrogens is 324 g/mol. The highest BCUT2D eigenvalue weighted by Gasteiger charge is 2.54. The average molecular weight is 352 g/mol. The van der Waals surface area contributed by atoms with Gasteiger partial charge in [-0.3, -0.25) is 4.90 Å². The number of hydrogen-bond donors (Lipinski definition) is 0. The molecule has 5 rings (SSSR count). The monoisotopic (exact) mass is 352 g/mol. The van der Waals surface area contributed by atoms with E-state index in [0.29, 0.717) is 6.17 Å². The van der Waals surface area contributed by atoms with E-state index in [2.05, 4.69) is 70.4 Å². The SMILES string of the molecule is CC[C@@]12CCN(C)[C@@H]1N(C)c1ccc(-n3cc(N4CCCC4)nn3)cc12. The van der Waals surface area contributed by atoms with Gasteiger partial charge >= 0.3 is 0 Å². The highest BCUT2D eigenvalue weighted by Crippen LogP contribution is 2.53. The molecule has 26 heavy (non-hydrogen) atoms. The summed E-state index contributed by atoms with van der Waals surface area (Å²) in [7, 11) is 4.49. The number of hydrogen-bond acceptors (Lipinski definition) is 5. The van der Waals surface area contributed by atoms with Crippen LogP contribution in [0.4, 0.5) is 11.5 Å². The van der Waals surface area contributed by atoms with Crippen molar-refractivity contribution in [3.8, 4) is 5.69 Å². The zero-order valence-electron chi connectivity index (χ0n) is 16.0. The Kier molecular flexibility index (Phi) is 3.54. The number of likely N-dealkylation sites (N-methyl/N-ethyl adjacent to an activating group) is 2. The van der Waals surface area contributed by atoms with Gasteiger partial charge < -0.3 is 9.80 Å². The molecule has 3 aliphatic heterocycles. The molecule has 2 fully saturated rings. The summed E-state index contributed by atoms with van der Waals surface area (Å²) in [6.45, 7) is 5.69. The van der Waals surface area contributed by atoms with Gasteiger partial charge in [-0.1, -0.05) is 12.1 Å². The highest BCUT2D eigenvalue weighted by atomic mass is 15.5. The number of nitrogens with zero attached hydrogens (tertiary/aromatic N) is 6. The van der Waals surface area contributed by atoms with Crippen LogP contribution in [0.15, 0.2) is 24.4 Å². The molecule has 0 aliphatic carbocycles. The molecule has 0 saturated carbocycles. The van der Waals surface area contributed by atoms with Crippen molar-refractivity contribution in [2.45, 2.75) is 44.2 Å². The van der Waals surface area contributed by atoms with Crippen molar-refractivity contribution in [1.82, 2.24) is 19.9 Å². The molecule has 6 heteroatoms. The van der Waals surface area contributed by atoms with E-state index in [-0.39, 0.29) is 5.41 Å². The molecule has 6 nitrogen and oxygen atoms in total. The van der Waals surface area contributed by atoms with E-state index in [9.17, 15) is 0 Å². The number of rotatable bonds is 3. The molecule has 0 N–H and O–H groups in total. The summed E-state index contributed by atoms with van der Waals surface area (Å²) in [5, 5.41) is 8.84. The molecule has 3 aliphatic rings. The van der Waals surface area contributed by atoms with Gasteiger partial charge in [0.2, 0.25) is 0 Å². The van der Waals surface area contributed by atoms with E-state index in [1.54, 1.807) is 0 Å². The van der Waals surface area contributed by atoms with E-state index < -0.39 is 0 Å². The normalized spacial score (nSPS) is 28.0. The summed E-state index contributed by atoms with van der Waals surface area (Å²) in [5.74, 6) is 1.00. The topological polar surface area (TPSA) is 40.4 Å². The Labute approximate surface area is 155 Å². The minimum Gasteiger partial charge on any atom is -0.358 e. The number of benzene rings is 1. The highest BCUT2D eigenvalue weighted by molar-refractivity contribution is 5.67. The Morgan fingerprint density at radius 2 is 1.96 bits per heavy atom. The minimum atomic E-state index is 0.229. The van der Waals surface area contributed by atoms with Crippen LogP contribution in [-0.4, -0.2) is 59.8 Å². The summed E-state index contributed by atoms with van der Waals surface area (Å²) in [6.07, 6.45) is 7.45. The van der Waals surface area contributed by atoms with Gasteiger partial charge in [0.1, 0.15) is 0 Å². The van der Waals surface area contributed by atoms with Gasteiger partial charge in [0, 0.05) is 37.8 Å². The number of fused-ring (bicyclic) bond motifs is 3. The maximum Gasteiger partial charge on any atom is 0.171 e. The van der Waals surface area contributed by atoms with Crippen LogP contribution in [0.25, 0.3) is 5.69 Å². The van der Waals surface area contributed by atoms with Gasteiger partial charge in [0.25, 0.3) is 0 Å². The Morgan fingerprint density at radius 1 is 1.15 bits per heavy atom. The fourth-order valence-corrected chi connectivity index (χ4v) is 5.52. The summed E-state index contributed by atoms with van der Waals surface area (Å²) in [5.41, 5.74) is 4.20. The maximum absolute atomic E-state index is 4.43. The van der Waals surface area contributed by atoms with E-state index in [0.717, 1.165) is 31.1 Å². The quantitative estimate of drug-likeness (QED) is 0.849. The molecule has 1 aromatic heterocycles. The van der Waals surface area contributed by atoms with Crippen LogP contribution < -0.4 is 9.80 Å². The molecule has 2 atom stereocenters. The first kappa shape index (κ1) is 16.1. The zero-order chi connectivity index (χ0) is 17.9. The molecular formula is C20H28N6. The van der Waals surface area contributed by atoms with Crippen molar-refractivity contribution >= 4 is 11.5 Å². The van der Waals surface area contributed by atoms with Crippen molar-refractivity contribution in [3.63, 3.8) is 0 Å². The minimum absolute atomic E-state index is 0.229. The van der Waals surface area contributed by atoms with Gasteiger partial charge in [0.05, 0.1) is 18.1 Å². The molecule has 0 unspecified atom stereocenters. The fraction of sp³-hybridized carbons (Fsp3) is 0.600. The molecule has 0 spiro atoms. The second-order valence-corrected chi connectivity index (χ2v) is 8.14. The second kappa shape index (κ2) is 5.71. The van der Waals surface area contributed by atoms with Crippen molar-refractivity contribution in [2.24, 2.45) is 0 Å². The summed E-state index contributed by atoms with van der Waals surface area (Å²) >= 11 is 0. The lowest BCUT2D eigenvalue weighted by Gasteiger charge is -2.34. The molecule has 0 bridgehead atoms. The van der Waals surface area contributed by atoms with Crippen LogP contribution in [0.3, 0.4) is 0 Å². The lowest BCUT2D eigenvalue weighted by molar-refractivity contribution is 0.252. The van der Waals surface area contributed by atoms with Crippen molar-refractivity contribution in [2.75, 3.05) is 43.5 Å². The van der Waals surface area contributed by atoms with Crippen LogP contribution in [0.1, 0.15) is 38.2 Å². The van der Waals surface area contributed by atoms with Gasteiger partial charge in [-0.2, -0.15) is 0 Å². The first-order valence-corrected chi connectivity index (χ1v) is 9.89. The van der Waals surface area contributed by atoms with Crippen molar-refractivity contribution in [3.05, 3.63) is 30.0 Å². The molecule has 2 saturated heterocycles. The third-order valence-corrected chi connectivity index (χ3v) is 6.89. The van der Waals surface area contributed by atoms with E-state index in [4.69, 9.17) is 0 Å². The Balaban J connectivity index is 1.54. The first-order valence-electron chi connectivity index (χ1n) is 9.89. The third-order valence-electron chi connectivity index (χ3n) is 6.89. The predicted molar refractivity (Wildman–Crippen MR) is 104 cm³/mol. The van der Waals surface area contributed by atoms with Crippen molar-refractivity contribution in [1.29, 1.82) is 0 Å². The lowest BCUT2D eigenvalue weighted by atomic mass is 9.77. The van der Waals surface area contributed by atoms with Crippen LogP contribution in [0.2, 0.25) is 0 Å². The van der Waals surface area contributed by atoms with Gasteiger partial charge in [0.15, 0.2) is 5.82 Å². The van der Waals surface area contributed by atoms with Crippen LogP contribution in [-0.2, 0) is 5.41 Å². The number of likely N-dealkylation sites (tertiary alicyclic amines) is 1. The summed E-state index contributed by atoms with van der Waals surface area (Å²) in [4.78, 5) is 7.30. The maximum atomic E-state index is 4.43. The zero-order valence-corrected chi connectivity index (χ0v) is 16.0. The predicted octanol–water partition coefficient (Wildman–Crippen LogP) is 2.63. The Bertz CT molecular complexity index is 823. The van der Waals surface area contributed by atoms with E-state index >= 15 is 0 Å². The summed E-state index contributed by atoms with van der Waals surface area (Å²) in [6, 6.07) is 6.81. The van der Waals surface area contributed by atoms with Gasteiger partial charge in [-0.05, 0) is 56.5 Å². The average Bonchev–Trinajstić information content (AvgIpc) is 3.41. The first-order chi connectivity index (χ1) is 12.6. The van der Waals surface area contributed by atoms with Crippen LogP contribution in [0, 0.1) is 0 Å². The lowest BCUT2D eigenvalue weighted by Crippen LogP contribution is -2.46. The molecule has 4 heterocycles. The van der Waals surface area contributed by atoms with E-state index in [1.807, 2.05) is 4.68 Å². The molecule has 1 aromatic carbocycles.